The zero-order valence-electron chi connectivity index (χ0n) is 17.9. The molecule has 2 aliphatic rings. The third-order valence-electron chi connectivity index (χ3n) is 6.04. The van der Waals surface area contributed by atoms with Gasteiger partial charge in [0.2, 0.25) is 0 Å². The molecule has 2 fully saturated rings. The molecular formula is C23H27ClFN5O2. The quantitative estimate of drug-likeness (QED) is 0.522. The first-order chi connectivity index (χ1) is 15.1. The zero-order chi connectivity index (χ0) is 21.4. The molecule has 0 unspecified atom stereocenters. The summed E-state index contributed by atoms with van der Waals surface area (Å²) < 4.78 is 20.1. The normalized spacial score (nSPS) is 16.6. The van der Waals surface area contributed by atoms with Gasteiger partial charge in [0, 0.05) is 17.3 Å². The number of aryl methyl sites for hydroxylation is 1. The number of halogens is 2. The topological polar surface area (TPSA) is 91.9 Å². The van der Waals surface area contributed by atoms with Gasteiger partial charge in [0.1, 0.15) is 29.1 Å². The van der Waals surface area contributed by atoms with E-state index in [0.717, 1.165) is 25.9 Å². The average Bonchev–Trinajstić information content (AvgIpc) is 3.53. The highest BCUT2D eigenvalue weighted by atomic mass is 35.5. The van der Waals surface area contributed by atoms with E-state index in [-0.39, 0.29) is 30.2 Å². The van der Waals surface area contributed by atoms with Crippen LogP contribution >= 0.6 is 12.4 Å². The van der Waals surface area contributed by atoms with Crippen LogP contribution in [0.2, 0.25) is 0 Å². The number of aromatic nitrogens is 3. The molecule has 0 radical (unpaired) electrons. The molecule has 1 aliphatic heterocycles. The van der Waals surface area contributed by atoms with Crippen LogP contribution in [0.1, 0.15) is 41.7 Å². The first kappa shape index (κ1) is 22.5. The van der Waals surface area contributed by atoms with Crippen molar-refractivity contribution < 1.29 is 13.9 Å². The summed E-state index contributed by atoms with van der Waals surface area (Å²) in [6, 6.07) is 4.60. The largest absolute Gasteiger partial charge is 0.493 e. The minimum atomic E-state index is -0.368. The van der Waals surface area contributed by atoms with Crippen molar-refractivity contribution in [2.75, 3.05) is 19.7 Å². The second-order valence-electron chi connectivity index (χ2n) is 8.46. The summed E-state index contributed by atoms with van der Waals surface area (Å²) in [6.45, 7) is 4.25. The third kappa shape index (κ3) is 4.56. The lowest BCUT2D eigenvalue weighted by Gasteiger charge is -2.23. The van der Waals surface area contributed by atoms with Gasteiger partial charge in [-0.15, -0.1) is 12.4 Å². The second-order valence-corrected chi connectivity index (χ2v) is 8.46. The van der Waals surface area contributed by atoms with Crippen LogP contribution in [0.25, 0.3) is 22.3 Å². The van der Waals surface area contributed by atoms with Crippen molar-refractivity contribution in [3.8, 4) is 17.0 Å². The summed E-state index contributed by atoms with van der Waals surface area (Å²) in [5, 5.41) is 6.43. The van der Waals surface area contributed by atoms with E-state index in [0.29, 0.717) is 51.8 Å². The fraction of sp³-hybridized carbons (Fsp3) is 0.435. The SMILES string of the molecule is Cc1[nH]c2c(-c3cc(F)ccc3OCC3CC3)ncnc2c1C(=O)NC1CCNCC1.Cl. The Balaban J connectivity index is 0.00000245. The summed E-state index contributed by atoms with van der Waals surface area (Å²) in [5.41, 5.74) is 3.44. The number of rotatable bonds is 6. The van der Waals surface area contributed by atoms with Crippen molar-refractivity contribution in [3.05, 3.63) is 41.6 Å². The van der Waals surface area contributed by atoms with E-state index in [2.05, 4.69) is 25.6 Å². The Morgan fingerprint density at radius 3 is 2.75 bits per heavy atom. The van der Waals surface area contributed by atoms with Crippen molar-refractivity contribution in [3.63, 3.8) is 0 Å². The first-order valence-electron chi connectivity index (χ1n) is 10.9. The maximum atomic E-state index is 14.1. The molecule has 3 heterocycles. The van der Waals surface area contributed by atoms with Crippen molar-refractivity contribution in [1.82, 2.24) is 25.6 Å². The monoisotopic (exact) mass is 459 g/mol. The van der Waals surface area contributed by atoms with Crippen LogP contribution in [-0.2, 0) is 0 Å². The number of amides is 1. The smallest absolute Gasteiger partial charge is 0.255 e. The molecule has 7 nitrogen and oxygen atoms in total. The maximum Gasteiger partial charge on any atom is 0.255 e. The lowest BCUT2D eigenvalue weighted by molar-refractivity contribution is 0.0930. The van der Waals surface area contributed by atoms with E-state index >= 15 is 0 Å². The molecule has 9 heteroatoms. The Hall–Kier alpha value is -2.71. The lowest BCUT2D eigenvalue weighted by Crippen LogP contribution is -2.42. The van der Waals surface area contributed by atoms with E-state index < -0.39 is 0 Å². The number of piperidine rings is 1. The summed E-state index contributed by atoms with van der Waals surface area (Å²) in [7, 11) is 0. The lowest BCUT2D eigenvalue weighted by atomic mass is 10.1. The van der Waals surface area contributed by atoms with Crippen LogP contribution in [0.3, 0.4) is 0 Å². The first-order valence-corrected chi connectivity index (χ1v) is 10.9. The Morgan fingerprint density at radius 2 is 2.00 bits per heavy atom. The van der Waals surface area contributed by atoms with Crippen LogP contribution in [0, 0.1) is 18.7 Å². The number of fused-ring (bicyclic) bond motifs is 1. The molecule has 1 saturated heterocycles. The Morgan fingerprint density at radius 1 is 1.22 bits per heavy atom. The number of hydrogen-bond donors (Lipinski definition) is 3. The van der Waals surface area contributed by atoms with Crippen LogP contribution in [0.5, 0.6) is 5.75 Å². The number of hydrogen-bond acceptors (Lipinski definition) is 5. The van der Waals surface area contributed by atoms with E-state index in [9.17, 15) is 9.18 Å². The Kier molecular flexibility index (Phi) is 6.62. The number of aromatic amines is 1. The number of nitrogens with zero attached hydrogens (tertiary/aromatic N) is 2. The summed E-state index contributed by atoms with van der Waals surface area (Å²) in [6.07, 6.45) is 5.55. The van der Waals surface area contributed by atoms with Gasteiger partial charge in [-0.2, -0.15) is 0 Å². The molecule has 2 aromatic heterocycles. The number of carbonyl (C=O) groups excluding carboxylic acids is 1. The third-order valence-corrected chi connectivity index (χ3v) is 6.04. The molecule has 3 aromatic rings. The van der Waals surface area contributed by atoms with Gasteiger partial charge in [0.15, 0.2) is 0 Å². The van der Waals surface area contributed by atoms with E-state index in [1.807, 2.05) is 6.92 Å². The van der Waals surface area contributed by atoms with Gasteiger partial charge in [-0.25, -0.2) is 14.4 Å². The summed E-state index contributed by atoms with van der Waals surface area (Å²) in [4.78, 5) is 25.1. The minimum Gasteiger partial charge on any atom is -0.493 e. The van der Waals surface area contributed by atoms with Crippen molar-refractivity contribution in [1.29, 1.82) is 0 Å². The fourth-order valence-corrected chi connectivity index (χ4v) is 4.13. The van der Waals surface area contributed by atoms with Gasteiger partial charge >= 0.3 is 0 Å². The van der Waals surface area contributed by atoms with Gasteiger partial charge in [-0.05, 0) is 69.8 Å². The predicted molar refractivity (Wildman–Crippen MR) is 123 cm³/mol. The van der Waals surface area contributed by atoms with Crippen LogP contribution in [-0.4, -0.2) is 46.6 Å². The number of carbonyl (C=O) groups is 1. The molecule has 3 N–H and O–H groups in total. The zero-order valence-corrected chi connectivity index (χ0v) is 18.7. The standard InChI is InChI=1S/C23H26FN5O2.ClH/c1-13-19(23(30)29-16-6-8-25-9-7-16)21-22(28-13)20(26-12-27-21)17-10-15(24)4-5-18(17)31-11-14-2-3-14;/h4-5,10,12,14,16,25,28H,2-3,6-9,11H2,1H3,(H,29,30);1H. The van der Waals surface area contributed by atoms with Crippen molar-refractivity contribution in [2.24, 2.45) is 5.92 Å². The van der Waals surface area contributed by atoms with Crippen LogP contribution < -0.4 is 15.4 Å². The van der Waals surface area contributed by atoms with Gasteiger partial charge < -0.3 is 20.4 Å². The fourth-order valence-electron chi connectivity index (χ4n) is 4.13. The Bertz CT molecular complexity index is 1130. The molecule has 1 saturated carbocycles. The molecule has 170 valence electrons. The molecule has 1 aromatic carbocycles. The van der Waals surface area contributed by atoms with Gasteiger partial charge in [0.05, 0.1) is 17.7 Å². The maximum absolute atomic E-state index is 14.1. The molecule has 0 bridgehead atoms. The molecule has 1 aliphatic carbocycles. The van der Waals surface area contributed by atoms with Gasteiger partial charge in [-0.1, -0.05) is 0 Å². The van der Waals surface area contributed by atoms with Crippen molar-refractivity contribution in [2.45, 2.75) is 38.6 Å². The van der Waals surface area contributed by atoms with Crippen LogP contribution in [0.4, 0.5) is 4.39 Å². The molecular weight excluding hydrogens is 433 g/mol. The molecule has 5 rings (SSSR count). The minimum absolute atomic E-state index is 0. The molecule has 32 heavy (non-hydrogen) atoms. The van der Waals surface area contributed by atoms with Crippen molar-refractivity contribution >= 4 is 29.3 Å². The van der Waals surface area contributed by atoms with Gasteiger partial charge in [0.25, 0.3) is 5.91 Å². The Labute approximate surface area is 192 Å². The highest BCUT2D eigenvalue weighted by Gasteiger charge is 2.25. The average molecular weight is 460 g/mol. The summed E-state index contributed by atoms with van der Waals surface area (Å²) >= 11 is 0. The number of H-pyrrole nitrogens is 1. The predicted octanol–water partition coefficient (Wildman–Crippen LogP) is 3.76. The molecule has 0 atom stereocenters. The number of benzene rings is 1. The van der Waals surface area contributed by atoms with E-state index in [1.54, 1.807) is 6.07 Å². The summed E-state index contributed by atoms with van der Waals surface area (Å²) in [5.74, 6) is 0.639. The number of nitrogens with one attached hydrogen (secondary N) is 3. The molecule has 1 amide bonds. The van der Waals surface area contributed by atoms with E-state index in [1.165, 1.54) is 31.3 Å². The highest BCUT2D eigenvalue weighted by Crippen LogP contribution is 2.36. The second kappa shape index (κ2) is 9.42. The van der Waals surface area contributed by atoms with Crippen LogP contribution in [0.15, 0.2) is 24.5 Å². The highest BCUT2D eigenvalue weighted by molar-refractivity contribution is 6.09. The van der Waals surface area contributed by atoms with Gasteiger partial charge in [-0.3, -0.25) is 4.79 Å². The number of ether oxygens (including phenoxy) is 1. The molecule has 0 spiro atoms. The van der Waals surface area contributed by atoms with E-state index in [4.69, 9.17) is 4.74 Å².